The lowest BCUT2D eigenvalue weighted by Crippen LogP contribution is -2.45. The molecule has 0 bridgehead atoms. The van der Waals surface area contributed by atoms with Crippen molar-refractivity contribution in [2.75, 3.05) is 6.61 Å². The van der Waals surface area contributed by atoms with Crippen LogP contribution in [0.4, 0.5) is 0 Å². The van der Waals surface area contributed by atoms with E-state index >= 15 is 0 Å². The van der Waals surface area contributed by atoms with Crippen molar-refractivity contribution in [3.8, 4) is 0 Å². The van der Waals surface area contributed by atoms with Crippen molar-refractivity contribution < 1.29 is 15.0 Å². The molecule has 0 aromatic heterocycles. The third-order valence-electron chi connectivity index (χ3n) is 16.6. The highest BCUT2D eigenvalue weighted by atomic mass is 16.3. The number of aliphatic hydroxyl groups is 2. The lowest BCUT2D eigenvalue weighted by Gasteiger charge is -2.19. The molecular formula is C77H141NO3. The molecule has 81 heavy (non-hydrogen) atoms. The van der Waals surface area contributed by atoms with E-state index < -0.39 is 12.1 Å². The van der Waals surface area contributed by atoms with Crippen LogP contribution in [0, 0.1) is 0 Å². The van der Waals surface area contributed by atoms with E-state index in [2.05, 4.69) is 92.1 Å². The van der Waals surface area contributed by atoms with E-state index in [-0.39, 0.29) is 12.5 Å². The maximum Gasteiger partial charge on any atom is 0.220 e. The molecule has 4 nitrogen and oxygen atoms in total. The highest BCUT2D eigenvalue weighted by molar-refractivity contribution is 5.76. The molecular weight excluding hydrogens is 987 g/mol. The largest absolute Gasteiger partial charge is 0.394 e. The Kier molecular flexibility index (Phi) is 69.7. The van der Waals surface area contributed by atoms with Crippen molar-refractivity contribution in [3.05, 3.63) is 85.1 Å². The smallest absolute Gasteiger partial charge is 0.220 e. The van der Waals surface area contributed by atoms with Crippen molar-refractivity contribution in [2.24, 2.45) is 0 Å². The number of hydrogen-bond donors (Lipinski definition) is 3. The minimum atomic E-state index is -0.866. The van der Waals surface area contributed by atoms with Gasteiger partial charge in [0.2, 0.25) is 5.91 Å². The van der Waals surface area contributed by atoms with Crippen LogP contribution in [-0.4, -0.2) is 34.9 Å². The van der Waals surface area contributed by atoms with E-state index in [1.165, 1.54) is 295 Å². The fraction of sp³-hybridized carbons (Fsp3) is 0.805. The highest BCUT2D eigenvalue weighted by Gasteiger charge is 2.18. The Bertz CT molecular complexity index is 1420. The number of unbranched alkanes of at least 4 members (excludes halogenated alkanes) is 48. The van der Waals surface area contributed by atoms with Gasteiger partial charge in [0.15, 0.2) is 0 Å². The number of nitrogens with one attached hydrogen (secondary N) is 1. The van der Waals surface area contributed by atoms with Gasteiger partial charge in [-0.25, -0.2) is 0 Å². The molecule has 0 fully saturated rings. The van der Waals surface area contributed by atoms with E-state index in [4.69, 9.17) is 0 Å². The van der Waals surface area contributed by atoms with Gasteiger partial charge in [-0.05, 0) is 77.0 Å². The Morgan fingerprint density at radius 1 is 0.309 bits per heavy atom. The molecule has 4 heteroatoms. The van der Waals surface area contributed by atoms with Gasteiger partial charge in [-0.3, -0.25) is 4.79 Å². The molecule has 0 saturated heterocycles. The van der Waals surface area contributed by atoms with Crippen LogP contribution in [0.25, 0.3) is 0 Å². The first-order valence-electron chi connectivity index (χ1n) is 36.3. The lowest BCUT2D eigenvalue weighted by molar-refractivity contribution is -0.123. The van der Waals surface area contributed by atoms with Crippen LogP contribution in [0.5, 0.6) is 0 Å². The minimum absolute atomic E-state index is 0.0685. The summed E-state index contributed by atoms with van der Waals surface area (Å²) in [5.74, 6) is -0.0685. The maximum absolute atomic E-state index is 12.5. The molecule has 0 radical (unpaired) electrons. The van der Waals surface area contributed by atoms with E-state index in [0.29, 0.717) is 6.42 Å². The Balaban J connectivity index is 3.46. The summed E-state index contributed by atoms with van der Waals surface area (Å²) in [6, 6.07) is -0.643. The average Bonchev–Trinajstić information content (AvgIpc) is 3.47. The fourth-order valence-corrected chi connectivity index (χ4v) is 11.2. The SMILES string of the molecule is CC/C=C\C/C=C\C/C=C\C/C=C\C/C=C\CCCCCCCCCCCCCCCCCCCCCCCC(=O)NC(CO)C(O)/C=C/CC/C=C/CCCCCCCCCCCCCCCCCCCCCCCCCCCC. The van der Waals surface area contributed by atoms with E-state index in [1.807, 2.05) is 6.08 Å². The van der Waals surface area contributed by atoms with Crippen LogP contribution >= 0.6 is 0 Å². The normalized spacial score (nSPS) is 13.2. The summed E-state index contributed by atoms with van der Waals surface area (Å²) in [7, 11) is 0. The van der Waals surface area contributed by atoms with Gasteiger partial charge >= 0.3 is 0 Å². The molecule has 0 aliphatic heterocycles. The second-order valence-electron chi connectivity index (χ2n) is 24.6. The van der Waals surface area contributed by atoms with Gasteiger partial charge in [-0.2, -0.15) is 0 Å². The molecule has 3 N–H and O–H groups in total. The zero-order chi connectivity index (χ0) is 58.4. The average molecular weight is 1130 g/mol. The molecule has 0 aliphatic carbocycles. The second kappa shape index (κ2) is 71.8. The Labute approximate surface area is 507 Å². The summed E-state index contributed by atoms with van der Waals surface area (Å²) in [6.07, 6.45) is 105. The first-order chi connectivity index (χ1) is 40.2. The third kappa shape index (κ3) is 68.2. The summed E-state index contributed by atoms with van der Waals surface area (Å²) < 4.78 is 0. The van der Waals surface area contributed by atoms with Crippen molar-refractivity contribution in [1.82, 2.24) is 5.32 Å². The number of amides is 1. The van der Waals surface area contributed by atoms with Crippen LogP contribution in [0.1, 0.15) is 380 Å². The second-order valence-corrected chi connectivity index (χ2v) is 24.6. The van der Waals surface area contributed by atoms with Crippen LogP contribution in [0.15, 0.2) is 85.1 Å². The standard InChI is InChI=1S/C77H141NO3/c1-3-5-7-9-11-13-15-17-19-21-23-25-27-29-31-33-35-37-38-39-40-41-43-45-47-49-51-53-55-57-59-61-63-65-67-69-71-73-77(81)78-75(74-79)76(80)72-70-68-66-64-62-60-58-56-54-52-50-48-46-44-42-36-34-32-30-28-26-24-22-20-18-16-14-12-10-8-6-4-2/h5,7,11,13,17,19,23,25,29,31,62,64,70,72,75-76,79-80H,3-4,6,8-10,12,14-16,18,20-22,24,26-28,30,32-61,63,65-69,71,73-74H2,1-2H3,(H,78,81)/b7-5-,13-11-,19-17-,25-23-,31-29-,64-62+,72-70+. The quantitative estimate of drug-likeness (QED) is 0.0420. The number of carbonyl (C=O) groups excluding carboxylic acids is 1. The van der Waals surface area contributed by atoms with Gasteiger partial charge in [0.25, 0.3) is 0 Å². The summed E-state index contributed by atoms with van der Waals surface area (Å²) >= 11 is 0. The summed E-state index contributed by atoms with van der Waals surface area (Å²) in [5, 5.41) is 23.3. The topological polar surface area (TPSA) is 69.6 Å². The first-order valence-corrected chi connectivity index (χ1v) is 36.3. The summed E-state index contributed by atoms with van der Waals surface area (Å²) in [6.45, 7) is 4.22. The van der Waals surface area contributed by atoms with Crippen molar-refractivity contribution in [1.29, 1.82) is 0 Å². The van der Waals surface area contributed by atoms with Gasteiger partial charge in [0.1, 0.15) is 0 Å². The molecule has 472 valence electrons. The molecule has 2 atom stereocenters. The predicted octanol–water partition coefficient (Wildman–Crippen LogP) is 25.0. The van der Waals surface area contributed by atoms with Gasteiger partial charge in [-0.1, -0.05) is 381 Å². The van der Waals surface area contributed by atoms with Crippen molar-refractivity contribution >= 4 is 5.91 Å². The van der Waals surface area contributed by atoms with E-state index in [0.717, 1.165) is 64.2 Å². The number of aliphatic hydroxyl groups excluding tert-OH is 2. The van der Waals surface area contributed by atoms with Gasteiger partial charge < -0.3 is 15.5 Å². The lowest BCUT2D eigenvalue weighted by atomic mass is 10.0. The van der Waals surface area contributed by atoms with Crippen LogP contribution in [0.3, 0.4) is 0 Å². The monoisotopic (exact) mass is 1130 g/mol. The van der Waals surface area contributed by atoms with Gasteiger partial charge in [0.05, 0.1) is 18.8 Å². The zero-order valence-electron chi connectivity index (χ0n) is 54.6. The predicted molar refractivity (Wildman–Crippen MR) is 364 cm³/mol. The van der Waals surface area contributed by atoms with Crippen LogP contribution in [0.2, 0.25) is 0 Å². The number of rotatable bonds is 67. The molecule has 1 amide bonds. The fourth-order valence-electron chi connectivity index (χ4n) is 11.2. The molecule has 2 unspecified atom stereocenters. The molecule has 0 aromatic carbocycles. The molecule has 0 aromatic rings. The first kappa shape index (κ1) is 78.6. The Morgan fingerprint density at radius 2 is 0.556 bits per heavy atom. The molecule has 0 aliphatic rings. The number of hydrogen-bond acceptors (Lipinski definition) is 3. The van der Waals surface area contributed by atoms with Gasteiger partial charge in [0, 0.05) is 6.42 Å². The third-order valence-corrected chi connectivity index (χ3v) is 16.6. The molecule has 0 saturated carbocycles. The zero-order valence-corrected chi connectivity index (χ0v) is 54.6. The number of carbonyl (C=O) groups is 1. The van der Waals surface area contributed by atoms with E-state index in [1.54, 1.807) is 6.08 Å². The maximum atomic E-state index is 12.5. The van der Waals surface area contributed by atoms with Crippen molar-refractivity contribution in [2.45, 2.75) is 392 Å². The van der Waals surface area contributed by atoms with Gasteiger partial charge in [-0.15, -0.1) is 0 Å². The molecule has 0 spiro atoms. The van der Waals surface area contributed by atoms with Crippen LogP contribution < -0.4 is 5.32 Å². The van der Waals surface area contributed by atoms with Crippen molar-refractivity contribution in [3.63, 3.8) is 0 Å². The Hall–Kier alpha value is -2.43. The Morgan fingerprint density at radius 3 is 0.864 bits per heavy atom. The molecule has 0 heterocycles. The summed E-state index contributed by atoms with van der Waals surface area (Å²) in [5.41, 5.74) is 0. The molecule has 0 rings (SSSR count). The van der Waals surface area contributed by atoms with Crippen LogP contribution in [-0.2, 0) is 4.79 Å². The number of allylic oxidation sites excluding steroid dienone is 13. The summed E-state index contributed by atoms with van der Waals surface area (Å²) in [4.78, 5) is 12.5. The minimum Gasteiger partial charge on any atom is -0.394 e. The van der Waals surface area contributed by atoms with E-state index in [9.17, 15) is 15.0 Å². The highest BCUT2D eigenvalue weighted by Crippen LogP contribution is 2.19.